The Morgan fingerprint density at radius 3 is 2.81 bits per heavy atom. The highest BCUT2D eigenvalue weighted by atomic mass is 16.5. The second-order valence-electron chi connectivity index (χ2n) is 4.55. The molecule has 0 aliphatic carbocycles. The van der Waals surface area contributed by atoms with Gasteiger partial charge in [0, 0.05) is 5.56 Å². The predicted octanol–water partition coefficient (Wildman–Crippen LogP) is 3.31. The number of ether oxygens (including phenoxy) is 1. The van der Waals surface area contributed by atoms with Crippen LogP contribution in [0.4, 0.5) is 0 Å². The molecule has 0 aliphatic heterocycles. The lowest BCUT2D eigenvalue weighted by molar-refractivity contribution is 0.257. The first-order valence-electron chi connectivity index (χ1n) is 6.59. The maximum atomic E-state index is 9.27. The molecule has 108 valence electrons. The van der Waals surface area contributed by atoms with Gasteiger partial charge < -0.3 is 18.7 Å². The van der Waals surface area contributed by atoms with E-state index in [-0.39, 0.29) is 13.2 Å². The Hall–Kier alpha value is -2.53. The molecule has 0 atom stereocenters. The molecule has 1 N–H and O–H groups in total. The molecule has 1 aromatic carbocycles. The summed E-state index contributed by atoms with van der Waals surface area (Å²) < 4.78 is 16.5. The van der Waals surface area contributed by atoms with Crippen LogP contribution in [0.1, 0.15) is 17.0 Å². The van der Waals surface area contributed by atoms with E-state index >= 15 is 0 Å². The number of hydrogen-bond donors (Lipinski definition) is 1. The number of aliphatic hydroxyl groups excluding tert-OH is 1. The fourth-order valence-corrected chi connectivity index (χ4v) is 1.99. The summed E-state index contributed by atoms with van der Waals surface area (Å²) in [6, 6.07) is 10.9. The van der Waals surface area contributed by atoms with Gasteiger partial charge >= 0.3 is 0 Å². The average Bonchev–Trinajstić information content (AvgIpc) is 3.15. The zero-order chi connectivity index (χ0) is 14.7. The summed E-state index contributed by atoms with van der Waals surface area (Å²) >= 11 is 0. The van der Waals surface area contributed by atoms with Crippen molar-refractivity contribution in [1.29, 1.82) is 0 Å². The third kappa shape index (κ3) is 2.83. The van der Waals surface area contributed by atoms with Gasteiger partial charge in [0.2, 0.25) is 0 Å². The summed E-state index contributed by atoms with van der Waals surface area (Å²) in [7, 11) is 0. The van der Waals surface area contributed by atoms with Crippen LogP contribution < -0.4 is 4.74 Å². The lowest BCUT2D eigenvalue weighted by Gasteiger charge is -2.08. The van der Waals surface area contributed by atoms with Gasteiger partial charge in [0.15, 0.2) is 5.76 Å². The van der Waals surface area contributed by atoms with Gasteiger partial charge in [-0.3, -0.25) is 0 Å². The van der Waals surface area contributed by atoms with Crippen molar-refractivity contribution >= 4 is 0 Å². The van der Waals surface area contributed by atoms with E-state index in [0.717, 1.165) is 5.56 Å². The summed E-state index contributed by atoms with van der Waals surface area (Å²) in [5, 5.41) is 9.27. The molecule has 0 aliphatic rings. The van der Waals surface area contributed by atoms with Crippen LogP contribution in [0, 0.1) is 6.92 Å². The van der Waals surface area contributed by atoms with Crippen LogP contribution in [0.15, 0.2) is 51.5 Å². The number of hydrogen-bond acceptors (Lipinski definition) is 5. The Labute approximate surface area is 121 Å². The first-order chi connectivity index (χ1) is 10.3. The van der Waals surface area contributed by atoms with Crippen LogP contribution in [0.25, 0.3) is 11.7 Å². The number of nitrogens with zero attached hydrogens (tertiary/aromatic N) is 1. The van der Waals surface area contributed by atoms with Crippen molar-refractivity contribution in [2.45, 2.75) is 20.1 Å². The summed E-state index contributed by atoms with van der Waals surface area (Å²) in [5.41, 5.74) is 1.44. The van der Waals surface area contributed by atoms with E-state index < -0.39 is 0 Å². The van der Waals surface area contributed by atoms with E-state index in [4.69, 9.17) is 13.6 Å². The van der Waals surface area contributed by atoms with Crippen LogP contribution in [0.2, 0.25) is 0 Å². The molecule has 5 nitrogen and oxygen atoms in total. The second kappa shape index (κ2) is 5.85. The number of rotatable bonds is 5. The molecule has 0 radical (unpaired) electrons. The van der Waals surface area contributed by atoms with Gasteiger partial charge in [-0.1, -0.05) is 18.2 Å². The van der Waals surface area contributed by atoms with Crippen molar-refractivity contribution in [2.24, 2.45) is 0 Å². The van der Waals surface area contributed by atoms with E-state index in [2.05, 4.69) is 4.98 Å². The lowest BCUT2D eigenvalue weighted by Crippen LogP contribution is -2.00. The third-order valence-corrected chi connectivity index (χ3v) is 3.13. The molecule has 2 aromatic heterocycles. The fourth-order valence-electron chi connectivity index (χ4n) is 1.99. The SMILES string of the molecule is Cc1oc(-c2ccco2)nc1COc1ccccc1CO. The molecule has 5 heteroatoms. The molecule has 0 spiro atoms. The summed E-state index contributed by atoms with van der Waals surface area (Å²) in [4.78, 5) is 4.37. The normalized spacial score (nSPS) is 10.8. The minimum atomic E-state index is -0.0639. The van der Waals surface area contributed by atoms with Crippen LogP contribution >= 0.6 is 0 Å². The molecule has 0 amide bonds. The average molecular weight is 285 g/mol. The molecule has 0 bridgehead atoms. The van der Waals surface area contributed by atoms with Crippen molar-refractivity contribution in [1.82, 2.24) is 4.98 Å². The zero-order valence-electron chi connectivity index (χ0n) is 11.6. The van der Waals surface area contributed by atoms with Gasteiger partial charge in [-0.2, -0.15) is 0 Å². The van der Waals surface area contributed by atoms with Crippen LogP contribution in [-0.4, -0.2) is 10.1 Å². The Kier molecular flexibility index (Phi) is 3.75. The van der Waals surface area contributed by atoms with Crippen molar-refractivity contribution in [3.63, 3.8) is 0 Å². The summed E-state index contributed by atoms with van der Waals surface area (Å²) in [6.45, 7) is 2.04. The number of oxazole rings is 1. The molecule has 21 heavy (non-hydrogen) atoms. The quantitative estimate of drug-likeness (QED) is 0.778. The summed E-state index contributed by atoms with van der Waals surface area (Å²) in [6.07, 6.45) is 1.57. The number of benzene rings is 1. The number of aliphatic hydroxyl groups is 1. The Bertz CT molecular complexity index is 716. The first-order valence-corrected chi connectivity index (χ1v) is 6.59. The summed E-state index contributed by atoms with van der Waals surface area (Å²) in [5.74, 6) is 2.34. The second-order valence-corrected chi connectivity index (χ2v) is 4.55. The molecule has 3 rings (SSSR count). The molecule has 0 saturated carbocycles. The highest BCUT2D eigenvalue weighted by Crippen LogP contribution is 2.24. The molecule has 0 saturated heterocycles. The Balaban J connectivity index is 1.76. The van der Waals surface area contributed by atoms with E-state index in [0.29, 0.717) is 28.9 Å². The van der Waals surface area contributed by atoms with Crippen molar-refractivity contribution in [2.75, 3.05) is 0 Å². The standard InChI is InChI=1S/C16H15NO4/c1-11-13(17-16(21-11)15-7-4-8-19-15)10-20-14-6-3-2-5-12(14)9-18/h2-8,18H,9-10H2,1H3. The number of aryl methyl sites for hydroxylation is 1. The largest absolute Gasteiger partial charge is 0.487 e. The van der Waals surface area contributed by atoms with Gasteiger partial charge in [0.05, 0.1) is 12.9 Å². The van der Waals surface area contributed by atoms with Crippen molar-refractivity contribution in [3.8, 4) is 17.4 Å². The van der Waals surface area contributed by atoms with Crippen LogP contribution in [-0.2, 0) is 13.2 Å². The van der Waals surface area contributed by atoms with Crippen LogP contribution in [0.5, 0.6) is 5.75 Å². The van der Waals surface area contributed by atoms with Gasteiger partial charge in [-0.25, -0.2) is 4.98 Å². The van der Waals surface area contributed by atoms with E-state index in [1.807, 2.05) is 31.2 Å². The molecule has 0 fully saturated rings. The smallest absolute Gasteiger partial charge is 0.263 e. The maximum absolute atomic E-state index is 9.27. The highest BCUT2D eigenvalue weighted by Gasteiger charge is 2.14. The molecular weight excluding hydrogens is 270 g/mol. The monoisotopic (exact) mass is 285 g/mol. The zero-order valence-corrected chi connectivity index (χ0v) is 11.6. The molecule has 2 heterocycles. The van der Waals surface area contributed by atoms with Gasteiger partial charge in [-0.05, 0) is 25.1 Å². The van der Waals surface area contributed by atoms with Gasteiger partial charge in [0.25, 0.3) is 5.89 Å². The maximum Gasteiger partial charge on any atom is 0.263 e. The predicted molar refractivity (Wildman–Crippen MR) is 75.6 cm³/mol. The Morgan fingerprint density at radius 2 is 2.05 bits per heavy atom. The lowest BCUT2D eigenvalue weighted by atomic mass is 10.2. The minimum Gasteiger partial charge on any atom is -0.487 e. The van der Waals surface area contributed by atoms with Crippen LogP contribution in [0.3, 0.4) is 0 Å². The van der Waals surface area contributed by atoms with Gasteiger partial charge in [-0.15, -0.1) is 0 Å². The number of aromatic nitrogens is 1. The highest BCUT2D eigenvalue weighted by molar-refractivity contribution is 5.44. The molecule has 0 unspecified atom stereocenters. The van der Waals surface area contributed by atoms with E-state index in [1.54, 1.807) is 18.4 Å². The molecular formula is C16H15NO4. The van der Waals surface area contributed by atoms with E-state index in [1.165, 1.54) is 0 Å². The Morgan fingerprint density at radius 1 is 1.19 bits per heavy atom. The molecule has 3 aromatic rings. The fraction of sp³-hybridized carbons (Fsp3) is 0.188. The van der Waals surface area contributed by atoms with Crippen molar-refractivity contribution in [3.05, 3.63) is 59.7 Å². The number of furan rings is 1. The van der Waals surface area contributed by atoms with Gasteiger partial charge in [0.1, 0.15) is 23.8 Å². The van der Waals surface area contributed by atoms with Crippen molar-refractivity contribution < 1.29 is 18.7 Å². The minimum absolute atomic E-state index is 0.0639. The number of para-hydroxylation sites is 1. The topological polar surface area (TPSA) is 68.6 Å². The first kappa shape index (κ1) is 13.5. The third-order valence-electron chi connectivity index (χ3n) is 3.13. The van der Waals surface area contributed by atoms with E-state index in [9.17, 15) is 5.11 Å².